The normalized spacial score (nSPS) is 21.9. The van der Waals surface area contributed by atoms with Gasteiger partial charge in [-0.2, -0.15) is 0 Å². The fourth-order valence-electron chi connectivity index (χ4n) is 3.05. The number of rotatable bonds is 4. The van der Waals surface area contributed by atoms with Crippen molar-refractivity contribution in [2.75, 3.05) is 11.4 Å². The molecule has 0 radical (unpaired) electrons. The first-order valence-corrected chi connectivity index (χ1v) is 8.15. The van der Waals surface area contributed by atoms with Gasteiger partial charge in [0, 0.05) is 34.8 Å². The zero-order chi connectivity index (χ0) is 13.5. The van der Waals surface area contributed by atoms with Crippen molar-refractivity contribution in [1.29, 1.82) is 0 Å². The van der Waals surface area contributed by atoms with Crippen molar-refractivity contribution in [1.82, 2.24) is 5.32 Å². The average molecular weight is 323 g/mol. The number of halogens is 1. The zero-order valence-corrected chi connectivity index (χ0v) is 13.5. The summed E-state index contributed by atoms with van der Waals surface area (Å²) >= 11 is 3.61. The lowest BCUT2D eigenvalue weighted by Gasteiger charge is -2.35. The molecule has 104 valence electrons. The van der Waals surface area contributed by atoms with E-state index >= 15 is 0 Å². The van der Waals surface area contributed by atoms with Crippen molar-refractivity contribution < 1.29 is 0 Å². The molecule has 0 unspecified atom stereocenters. The van der Waals surface area contributed by atoms with E-state index in [2.05, 4.69) is 58.2 Å². The molecule has 0 aromatic heterocycles. The summed E-state index contributed by atoms with van der Waals surface area (Å²) < 4.78 is 1.18. The molecule has 19 heavy (non-hydrogen) atoms. The molecule has 1 N–H and O–H groups in total. The topological polar surface area (TPSA) is 15.3 Å². The summed E-state index contributed by atoms with van der Waals surface area (Å²) in [5, 5.41) is 3.64. The summed E-state index contributed by atoms with van der Waals surface area (Å²) in [6.07, 6.45) is 5.29. The SMILES string of the molecule is CC1(C)CCCN1c1ccc(Br)cc1CNC1CC1. The van der Waals surface area contributed by atoms with Crippen LogP contribution in [0.4, 0.5) is 5.69 Å². The first-order chi connectivity index (χ1) is 9.06. The molecule has 0 amide bonds. The van der Waals surface area contributed by atoms with Crippen LogP contribution in [0.1, 0.15) is 45.1 Å². The molecule has 1 aliphatic carbocycles. The number of hydrogen-bond donors (Lipinski definition) is 1. The van der Waals surface area contributed by atoms with Crippen molar-refractivity contribution in [3.8, 4) is 0 Å². The van der Waals surface area contributed by atoms with Crippen molar-refractivity contribution in [3.05, 3.63) is 28.2 Å². The molecule has 1 aliphatic heterocycles. The summed E-state index contributed by atoms with van der Waals surface area (Å²) in [6.45, 7) is 6.90. The van der Waals surface area contributed by atoms with Gasteiger partial charge in [-0.3, -0.25) is 0 Å². The average Bonchev–Trinajstić information content (AvgIpc) is 3.11. The Kier molecular flexibility index (Phi) is 3.61. The van der Waals surface area contributed by atoms with E-state index in [1.807, 2.05) is 0 Å². The van der Waals surface area contributed by atoms with E-state index in [0.29, 0.717) is 5.54 Å². The molecule has 3 rings (SSSR count). The van der Waals surface area contributed by atoms with Gasteiger partial charge in [0.05, 0.1) is 0 Å². The van der Waals surface area contributed by atoms with Crippen LogP contribution in [-0.2, 0) is 6.54 Å². The van der Waals surface area contributed by atoms with Crippen molar-refractivity contribution >= 4 is 21.6 Å². The van der Waals surface area contributed by atoms with Crippen LogP contribution in [0.3, 0.4) is 0 Å². The predicted molar refractivity (Wildman–Crippen MR) is 84.7 cm³/mol. The summed E-state index contributed by atoms with van der Waals surface area (Å²) in [5.74, 6) is 0. The van der Waals surface area contributed by atoms with Gasteiger partial charge in [-0.25, -0.2) is 0 Å². The maximum absolute atomic E-state index is 3.64. The highest BCUT2D eigenvalue weighted by molar-refractivity contribution is 9.10. The molecule has 1 aromatic rings. The van der Waals surface area contributed by atoms with E-state index in [-0.39, 0.29) is 0 Å². The summed E-state index contributed by atoms with van der Waals surface area (Å²) in [6, 6.07) is 7.49. The minimum atomic E-state index is 0.294. The number of benzene rings is 1. The molecular weight excluding hydrogens is 300 g/mol. The summed E-state index contributed by atoms with van der Waals surface area (Å²) in [5.41, 5.74) is 3.14. The third-order valence-corrected chi connectivity index (χ3v) is 4.89. The van der Waals surface area contributed by atoms with E-state index in [4.69, 9.17) is 0 Å². The molecule has 0 atom stereocenters. The van der Waals surface area contributed by atoms with Crippen molar-refractivity contribution in [2.45, 2.75) is 57.7 Å². The number of anilines is 1. The fourth-order valence-corrected chi connectivity index (χ4v) is 3.46. The van der Waals surface area contributed by atoms with Crippen LogP contribution < -0.4 is 10.2 Å². The lowest BCUT2D eigenvalue weighted by atomic mass is 10.0. The van der Waals surface area contributed by atoms with Gasteiger partial charge < -0.3 is 10.2 Å². The Balaban J connectivity index is 1.86. The van der Waals surface area contributed by atoms with Crippen LogP contribution in [0.25, 0.3) is 0 Å². The Morgan fingerprint density at radius 2 is 2.16 bits per heavy atom. The second-order valence-corrected chi connectivity index (χ2v) is 7.41. The third kappa shape index (κ3) is 2.97. The second kappa shape index (κ2) is 5.10. The Morgan fingerprint density at radius 3 is 2.79 bits per heavy atom. The van der Waals surface area contributed by atoms with Crippen LogP contribution in [0.15, 0.2) is 22.7 Å². The molecule has 1 saturated carbocycles. The molecule has 1 aromatic carbocycles. The molecule has 3 heteroatoms. The highest BCUT2D eigenvalue weighted by Crippen LogP contribution is 2.36. The summed E-state index contributed by atoms with van der Waals surface area (Å²) in [7, 11) is 0. The smallest absolute Gasteiger partial charge is 0.0417 e. The van der Waals surface area contributed by atoms with Gasteiger partial charge in [-0.05, 0) is 63.3 Å². The van der Waals surface area contributed by atoms with Gasteiger partial charge >= 0.3 is 0 Å². The maximum atomic E-state index is 3.64. The van der Waals surface area contributed by atoms with Crippen LogP contribution in [0.2, 0.25) is 0 Å². The Morgan fingerprint density at radius 1 is 1.37 bits per heavy atom. The first kappa shape index (κ1) is 13.4. The van der Waals surface area contributed by atoms with Gasteiger partial charge in [0.25, 0.3) is 0 Å². The molecule has 2 aliphatic rings. The monoisotopic (exact) mass is 322 g/mol. The van der Waals surface area contributed by atoms with Crippen molar-refractivity contribution in [2.24, 2.45) is 0 Å². The standard InChI is InChI=1S/C16H23BrN2/c1-16(2)8-3-9-19(16)15-7-4-13(17)10-12(15)11-18-14-5-6-14/h4,7,10,14,18H,3,5-6,8-9,11H2,1-2H3. The molecular formula is C16H23BrN2. The first-order valence-electron chi connectivity index (χ1n) is 7.36. The van der Waals surface area contributed by atoms with E-state index in [0.717, 1.165) is 12.6 Å². The number of hydrogen-bond acceptors (Lipinski definition) is 2. The lowest BCUT2D eigenvalue weighted by Crippen LogP contribution is -2.39. The summed E-state index contributed by atoms with van der Waals surface area (Å²) in [4.78, 5) is 2.59. The van der Waals surface area contributed by atoms with Crippen molar-refractivity contribution in [3.63, 3.8) is 0 Å². The fraction of sp³-hybridized carbons (Fsp3) is 0.625. The highest BCUT2D eigenvalue weighted by atomic mass is 79.9. The van der Waals surface area contributed by atoms with Gasteiger partial charge in [-0.1, -0.05) is 15.9 Å². The quantitative estimate of drug-likeness (QED) is 0.898. The predicted octanol–water partition coefficient (Wildman–Crippen LogP) is 4.08. The number of nitrogens with zero attached hydrogens (tertiary/aromatic N) is 1. The van der Waals surface area contributed by atoms with E-state index < -0.39 is 0 Å². The largest absolute Gasteiger partial charge is 0.366 e. The Labute approximate surface area is 124 Å². The molecule has 1 saturated heterocycles. The molecule has 2 nitrogen and oxygen atoms in total. The number of nitrogens with one attached hydrogen (secondary N) is 1. The minimum absolute atomic E-state index is 0.294. The van der Waals surface area contributed by atoms with E-state index in [1.54, 1.807) is 0 Å². The van der Waals surface area contributed by atoms with Crippen LogP contribution in [0.5, 0.6) is 0 Å². The van der Waals surface area contributed by atoms with Crippen LogP contribution >= 0.6 is 15.9 Å². The van der Waals surface area contributed by atoms with Gasteiger partial charge in [0.1, 0.15) is 0 Å². The van der Waals surface area contributed by atoms with E-state index in [9.17, 15) is 0 Å². The molecule has 0 bridgehead atoms. The Hall–Kier alpha value is -0.540. The van der Waals surface area contributed by atoms with Gasteiger partial charge in [0.2, 0.25) is 0 Å². The van der Waals surface area contributed by atoms with Crippen LogP contribution in [-0.4, -0.2) is 18.1 Å². The molecule has 2 fully saturated rings. The Bertz CT molecular complexity index is 466. The third-order valence-electron chi connectivity index (χ3n) is 4.39. The highest BCUT2D eigenvalue weighted by Gasteiger charge is 2.33. The second-order valence-electron chi connectivity index (χ2n) is 6.50. The maximum Gasteiger partial charge on any atom is 0.0417 e. The zero-order valence-electron chi connectivity index (χ0n) is 11.9. The minimum Gasteiger partial charge on any atom is -0.366 e. The lowest BCUT2D eigenvalue weighted by molar-refractivity contribution is 0.516. The van der Waals surface area contributed by atoms with E-state index in [1.165, 1.54) is 48.0 Å². The van der Waals surface area contributed by atoms with Gasteiger partial charge in [-0.15, -0.1) is 0 Å². The molecule has 0 spiro atoms. The van der Waals surface area contributed by atoms with Gasteiger partial charge in [0.15, 0.2) is 0 Å². The van der Waals surface area contributed by atoms with Crippen LogP contribution in [0, 0.1) is 0 Å². The molecule has 1 heterocycles.